The van der Waals surface area contributed by atoms with Crippen LogP contribution in [0.1, 0.15) is 31.9 Å². The molecule has 2 nitrogen and oxygen atoms in total. The Labute approximate surface area is 109 Å². The summed E-state index contributed by atoms with van der Waals surface area (Å²) in [4.78, 5) is 0. The molecule has 0 saturated carbocycles. The highest BCUT2D eigenvalue weighted by atomic mass is 32.2. The molecule has 1 aromatic rings. The average Bonchev–Trinajstić information content (AvgIpc) is 2.34. The molecule has 2 unspecified atom stereocenters. The molecule has 0 spiro atoms. The average molecular weight is 253 g/mol. The van der Waals surface area contributed by atoms with E-state index in [1.165, 1.54) is 5.56 Å². The highest BCUT2D eigenvalue weighted by Gasteiger charge is 2.22. The Morgan fingerprint density at radius 1 is 1.24 bits per heavy atom. The van der Waals surface area contributed by atoms with Crippen LogP contribution in [0.5, 0.6) is 0 Å². The van der Waals surface area contributed by atoms with E-state index in [1.807, 2.05) is 30.0 Å². The van der Waals surface area contributed by atoms with Crippen LogP contribution in [0.3, 0.4) is 0 Å². The molecule has 0 aromatic heterocycles. The van der Waals surface area contributed by atoms with Gasteiger partial charge in [0.2, 0.25) is 0 Å². The molecular formula is C14H23NOS. The van der Waals surface area contributed by atoms with Gasteiger partial charge >= 0.3 is 0 Å². The number of aliphatic hydroxyl groups is 1. The van der Waals surface area contributed by atoms with Gasteiger partial charge in [-0.2, -0.15) is 11.8 Å². The molecule has 2 atom stereocenters. The van der Waals surface area contributed by atoms with Crippen molar-refractivity contribution in [3.05, 3.63) is 35.9 Å². The smallest absolute Gasteiger partial charge is 0.0438 e. The fourth-order valence-corrected chi connectivity index (χ4v) is 3.18. The van der Waals surface area contributed by atoms with Crippen molar-refractivity contribution >= 4 is 11.8 Å². The first-order valence-electron chi connectivity index (χ1n) is 6.19. The first-order chi connectivity index (χ1) is 8.16. The Balaban J connectivity index is 2.63. The van der Waals surface area contributed by atoms with E-state index in [4.69, 9.17) is 10.8 Å². The third-order valence-corrected chi connectivity index (χ3v) is 4.56. The molecule has 0 fully saturated rings. The maximum atomic E-state index is 8.83. The molecule has 0 bridgehead atoms. The van der Waals surface area contributed by atoms with Gasteiger partial charge in [0.05, 0.1) is 0 Å². The van der Waals surface area contributed by atoms with Crippen LogP contribution in [-0.4, -0.2) is 22.7 Å². The van der Waals surface area contributed by atoms with E-state index in [0.29, 0.717) is 11.2 Å². The molecule has 0 aliphatic rings. The van der Waals surface area contributed by atoms with Crippen LogP contribution < -0.4 is 5.73 Å². The molecule has 1 rings (SSSR count). The Hall–Kier alpha value is -0.510. The van der Waals surface area contributed by atoms with Crippen molar-refractivity contribution < 1.29 is 5.11 Å². The Morgan fingerprint density at radius 3 is 2.41 bits per heavy atom. The molecule has 3 N–H and O–H groups in total. The summed E-state index contributed by atoms with van der Waals surface area (Å²) in [6.45, 7) is 4.68. The van der Waals surface area contributed by atoms with Crippen molar-refractivity contribution in [3.8, 4) is 0 Å². The molecule has 3 heteroatoms. The van der Waals surface area contributed by atoms with Gasteiger partial charge in [0, 0.05) is 17.9 Å². The van der Waals surface area contributed by atoms with Gasteiger partial charge in [0.1, 0.15) is 0 Å². The quantitative estimate of drug-likeness (QED) is 0.735. The number of hydrogen-bond donors (Lipinski definition) is 2. The standard InChI is InChI=1S/C14H23NOS/c1-11(2)14(17-10-6-9-16)13(15)12-7-4-3-5-8-12/h3-5,7-8,11,13-14,16H,6,9-10,15H2,1-2H3. The van der Waals surface area contributed by atoms with Crippen LogP contribution in [0, 0.1) is 5.92 Å². The Morgan fingerprint density at radius 2 is 1.88 bits per heavy atom. The van der Waals surface area contributed by atoms with Crippen LogP contribution in [0.2, 0.25) is 0 Å². The van der Waals surface area contributed by atoms with Crippen LogP contribution in [-0.2, 0) is 0 Å². The van der Waals surface area contributed by atoms with Gasteiger partial charge in [-0.1, -0.05) is 44.2 Å². The zero-order valence-corrected chi connectivity index (χ0v) is 11.5. The van der Waals surface area contributed by atoms with Gasteiger partial charge < -0.3 is 10.8 Å². The van der Waals surface area contributed by atoms with E-state index < -0.39 is 0 Å². The van der Waals surface area contributed by atoms with E-state index in [2.05, 4.69) is 26.0 Å². The van der Waals surface area contributed by atoms with Gasteiger partial charge in [0.15, 0.2) is 0 Å². The van der Waals surface area contributed by atoms with E-state index >= 15 is 0 Å². The summed E-state index contributed by atoms with van der Waals surface area (Å²) in [6.07, 6.45) is 0.843. The van der Waals surface area contributed by atoms with Crippen LogP contribution in [0.25, 0.3) is 0 Å². The van der Waals surface area contributed by atoms with Crippen LogP contribution in [0.15, 0.2) is 30.3 Å². The maximum absolute atomic E-state index is 8.83. The lowest BCUT2D eigenvalue weighted by molar-refractivity contribution is 0.296. The lowest BCUT2D eigenvalue weighted by Crippen LogP contribution is -2.28. The second-order valence-electron chi connectivity index (χ2n) is 4.59. The van der Waals surface area contributed by atoms with Crippen LogP contribution >= 0.6 is 11.8 Å². The number of nitrogens with two attached hydrogens (primary N) is 1. The predicted octanol–water partition coefficient (Wildman–Crippen LogP) is 2.83. The van der Waals surface area contributed by atoms with Gasteiger partial charge in [-0.3, -0.25) is 0 Å². The van der Waals surface area contributed by atoms with E-state index in [9.17, 15) is 0 Å². The minimum atomic E-state index is 0.0693. The van der Waals surface area contributed by atoms with E-state index in [1.54, 1.807) is 0 Å². The molecular weight excluding hydrogens is 230 g/mol. The first kappa shape index (κ1) is 14.6. The van der Waals surface area contributed by atoms with Crippen molar-refractivity contribution in [2.45, 2.75) is 31.6 Å². The normalized spacial score (nSPS) is 14.9. The number of hydrogen-bond acceptors (Lipinski definition) is 3. The van der Waals surface area contributed by atoms with Crippen molar-refractivity contribution in [3.63, 3.8) is 0 Å². The summed E-state index contributed by atoms with van der Waals surface area (Å²) >= 11 is 1.87. The molecule has 96 valence electrons. The highest BCUT2D eigenvalue weighted by molar-refractivity contribution is 7.99. The summed E-state index contributed by atoms with van der Waals surface area (Å²) in [6, 6.07) is 10.3. The largest absolute Gasteiger partial charge is 0.396 e. The minimum Gasteiger partial charge on any atom is -0.396 e. The molecule has 0 aliphatic heterocycles. The number of benzene rings is 1. The van der Waals surface area contributed by atoms with Gasteiger partial charge in [-0.15, -0.1) is 0 Å². The van der Waals surface area contributed by atoms with Crippen molar-refractivity contribution in [1.82, 2.24) is 0 Å². The topological polar surface area (TPSA) is 46.2 Å². The summed E-state index contributed by atoms with van der Waals surface area (Å²) < 4.78 is 0. The number of rotatable bonds is 7. The van der Waals surface area contributed by atoms with Crippen molar-refractivity contribution in [1.29, 1.82) is 0 Å². The first-order valence-corrected chi connectivity index (χ1v) is 7.24. The fourth-order valence-electron chi connectivity index (χ4n) is 1.86. The molecule has 17 heavy (non-hydrogen) atoms. The summed E-state index contributed by atoms with van der Waals surface area (Å²) in [5.74, 6) is 1.51. The molecule has 1 aromatic carbocycles. The Bertz CT molecular complexity index is 302. The molecule has 0 saturated heterocycles. The zero-order valence-electron chi connectivity index (χ0n) is 10.7. The minimum absolute atomic E-state index is 0.0693. The third kappa shape index (κ3) is 4.70. The number of thioether (sulfide) groups is 1. The molecule has 0 aliphatic carbocycles. The lowest BCUT2D eigenvalue weighted by Gasteiger charge is -2.27. The van der Waals surface area contributed by atoms with Crippen molar-refractivity contribution in [2.75, 3.05) is 12.4 Å². The summed E-state index contributed by atoms with van der Waals surface area (Å²) in [5, 5.41) is 9.24. The molecule has 0 heterocycles. The second-order valence-corrected chi connectivity index (χ2v) is 5.88. The Kier molecular flexibility index (Phi) is 6.63. The predicted molar refractivity (Wildman–Crippen MR) is 76.2 cm³/mol. The third-order valence-electron chi connectivity index (χ3n) is 2.81. The van der Waals surface area contributed by atoms with Crippen LogP contribution in [0.4, 0.5) is 0 Å². The van der Waals surface area contributed by atoms with E-state index in [0.717, 1.165) is 12.2 Å². The van der Waals surface area contributed by atoms with E-state index in [-0.39, 0.29) is 12.6 Å². The summed E-state index contributed by atoms with van der Waals surface area (Å²) in [5.41, 5.74) is 7.54. The highest BCUT2D eigenvalue weighted by Crippen LogP contribution is 2.30. The fraction of sp³-hybridized carbons (Fsp3) is 0.571. The SMILES string of the molecule is CC(C)C(SCCCO)C(N)c1ccccc1. The molecule has 0 radical (unpaired) electrons. The number of aliphatic hydroxyl groups excluding tert-OH is 1. The van der Waals surface area contributed by atoms with Crippen molar-refractivity contribution in [2.24, 2.45) is 11.7 Å². The maximum Gasteiger partial charge on any atom is 0.0438 e. The lowest BCUT2D eigenvalue weighted by atomic mass is 9.97. The monoisotopic (exact) mass is 253 g/mol. The summed E-state index contributed by atoms with van der Waals surface area (Å²) in [7, 11) is 0. The second kappa shape index (κ2) is 7.75. The van der Waals surface area contributed by atoms with Gasteiger partial charge in [-0.05, 0) is 23.7 Å². The van der Waals surface area contributed by atoms with Gasteiger partial charge in [-0.25, -0.2) is 0 Å². The molecule has 0 amide bonds. The van der Waals surface area contributed by atoms with Gasteiger partial charge in [0.25, 0.3) is 0 Å². The zero-order chi connectivity index (χ0) is 12.7.